The van der Waals surface area contributed by atoms with Gasteiger partial charge in [-0.25, -0.2) is 0 Å². The van der Waals surface area contributed by atoms with E-state index in [-0.39, 0.29) is 5.78 Å². The number of ether oxygens (including phenoxy) is 3. The second-order valence-corrected chi connectivity index (χ2v) is 5.61. The molecule has 0 N–H and O–H groups in total. The summed E-state index contributed by atoms with van der Waals surface area (Å²) in [5.41, 5.74) is 0.988. The van der Waals surface area contributed by atoms with Gasteiger partial charge >= 0.3 is 0 Å². The first-order chi connectivity index (χ1) is 10.7. The molecule has 4 nitrogen and oxygen atoms in total. The molecule has 1 aromatic heterocycles. The van der Waals surface area contributed by atoms with Gasteiger partial charge in [-0.15, -0.1) is 11.3 Å². The Hall–Kier alpha value is -2.01. The van der Waals surface area contributed by atoms with Crippen molar-refractivity contribution in [3.63, 3.8) is 0 Å². The van der Waals surface area contributed by atoms with Gasteiger partial charge < -0.3 is 14.2 Å². The third-order valence-corrected chi connectivity index (χ3v) is 4.16. The first kappa shape index (κ1) is 16.4. The third-order valence-electron chi connectivity index (χ3n) is 3.25. The second kappa shape index (κ2) is 7.84. The minimum absolute atomic E-state index is 0.154. The van der Waals surface area contributed by atoms with Crippen LogP contribution in [-0.4, -0.2) is 26.6 Å². The second-order valence-electron chi connectivity index (χ2n) is 4.66. The van der Waals surface area contributed by atoms with Crippen LogP contribution in [0.5, 0.6) is 17.2 Å². The molecular weight excluding hydrogens is 300 g/mol. The molecule has 5 heteroatoms. The van der Waals surface area contributed by atoms with Crippen LogP contribution in [-0.2, 0) is 6.42 Å². The molecule has 0 radical (unpaired) electrons. The van der Waals surface area contributed by atoms with Crippen LogP contribution in [0.4, 0.5) is 0 Å². The number of rotatable bonds is 8. The SMILES string of the molecule is CCOc1c(OC)cc(CCC(=O)c2cccs2)cc1OC. The highest BCUT2D eigenvalue weighted by Crippen LogP contribution is 2.38. The summed E-state index contributed by atoms with van der Waals surface area (Å²) in [6.07, 6.45) is 1.09. The number of benzene rings is 1. The van der Waals surface area contributed by atoms with Crippen molar-refractivity contribution in [1.29, 1.82) is 0 Å². The number of Topliss-reactive ketones (excluding diaryl/α,β-unsaturated/α-hetero) is 1. The molecular formula is C17H20O4S. The van der Waals surface area contributed by atoms with E-state index in [4.69, 9.17) is 14.2 Å². The van der Waals surface area contributed by atoms with Crippen molar-refractivity contribution in [2.45, 2.75) is 19.8 Å². The van der Waals surface area contributed by atoms with Crippen molar-refractivity contribution >= 4 is 17.1 Å². The zero-order chi connectivity index (χ0) is 15.9. The normalized spacial score (nSPS) is 10.3. The van der Waals surface area contributed by atoms with Crippen molar-refractivity contribution in [2.24, 2.45) is 0 Å². The maximum absolute atomic E-state index is 12.1. The Balaban J connectivity index is 2.15. The predicted octanol–water partition coefficient (Wildman–Crippen LogP) is 3.98. The number of carbonyl (C=O) groups excluding carboxylic acids is 1. The molecule has 2 aromatic rings. The minimum atomic E-state index is 0.154. The lowest BCUT2D eigenvalue weighted by atomic mass is 10.1. The highest BCUT2D eigenvalue weighted by molar-refractivity contribution is 7.12. The molecule has 2 rings (SSSR count). The Labute approximate surface area is 134 Å². The molecule has 0 unspecified atom stereocenters. The van der Waals surface area contributed by atoms with Crippen LogP contribution in [0.3, 0.4) is 0 Å². The molecule has 0 saturated heterocycles. The molecule has 0 aliphatic carbocycles. The molecule has 0 aliphatic rings. The van der Waals surface area contributed by atoms with E-state index in [0.29, 0.717) is 36.7 Å². The highest BCUT2D eigenvalue weighted by atomic mass is 32.1. The van der Waals surface area contributed by atoms with Crippen LogP contribution >= 0.6 is 11.3 Å². The van der Waals surface area contributed by atoms with E-state index in [1.165, 1.54) is 11.3 Å². The summed E-state index contributed by atoms with van der Waals surface area (Å²) in [6, 6.07) is 7.54. The molecule has 0 amide bonds. The summed E-state index contributed by atoms with van der Waals surface area (Å²) in [5.74, 6) is 2.00. The number of thiophene rings is 1. The standard InChI is InChI=1S/C17H20O4S/c1-4-21-17-14(19-2)10-12(11-15(17)20-3)7-8-13(18)16-6-5-9-22-16/h5-6,9-11H,4,7-8H2,1-3H3. The fraction of sp³-hybridized carbons (Fsp3) is 0.353. The van der Waals surface area contributed by atoms with Crippen molar-refractivity contribution in [2.75, 3.05) is 20.8 Å². The first-order valence-corrected chi connectivity index (χ1v) is 8.02. The monoisotopic (exact) mass is 320 g/mol. The number of methoxy groups -OCH3 is 2. The molecule has 0 saturated carbocycles. The Bertz CT molecular complexity index is 595. The van der Waals surface area contributed by atoms with E-state index in [2.05, 4.69) is 0 Å². The third kappa shape index (κ3) is 3.80. The Kier molecular flexibility index (Phi) is 5.83. The molecule has 0 spiro atoms. The summed E-state index contributed by atoms with van der Waals surface area (Å²) in [4.78, 5) is 12.9. The molecule has 0 aliphatic heterocycles. The highest BCUT2D eigenvalue weighted by Gasteiger charge is 2.15. The van der Waals surface area contributed by atoms with E-state index in [1.807, 2.05) is 36.6 Å². The van der Waals surface area contributed by atoms with Crippen LogP contribution in [0.1, 0.15) is 28.6 Å². The zero-order valence-corrected chi connectivity index (χ0v) is 13.9. The Morgan fingerprint density at radius 1 is 1.18 bits per heavy atom. The quantitative estimate of drug-likeness (QED) is 0.690. The minimum Gasteiger partial charge on any atom is -0.493 e. The molecule has 0 bridgehead atoms. The van der Waals surface area contributed by atoms with E-state index in [9.17, 15) is 4.79 Å². The van der Waals surface area contributed by atoms with Gasteiger partial charge in [-0.3, -0.25) is 4.79 Å². The lowest BCUT2D eigenvalue weighted by Gasteiger charge is -2.15. The smallest absolute Gasteiger partial charge is 0.203 e. The van der Waals surface area contributed by atoms with Crippen molar-refractivity contribution < 1.29 is 19.0 Å². The van der Waals surface area contributed by atoms with E-state index >= 15 is 0 Å². The van der Waals surface area contributed by atoms with E-state index < -0.39 is 0 Å². The van der Waals surface area contributed by atoms with Gasteiger partial charge in [0.15, 0.2) is 17.3 Å². The molecule has 0 fully saturated rings. The molecule has 1 heterocycles. The largest absolute Gasteiger partial charge is 0.493 e. The molecule has 0 atom stereocenters. The van der Waals surface area contributed by atoms with Gasteiger partial charge in [-0.2, -0.15) is 0 Å². The number of carbonyl (C=O) groups is 1. The Morgan fingerprint density at radius 3 is 2.36 bits per heavy atom. The summed E-state index contributed by atoms with van der Waals surface area (Å²) in [7, 11) is 3.19. The van der Waals surface area contributed by atoms with Crippen LogP contribution in [0.2, 0.25) is 0 Å². The number of ketones is 1. The maximum atomic E-state index is 12.1. The summed E-state index contributed by atoms with van der Waals surface area (Å²) < 4.78 is 16.3. The van der Waals surface area contributed by atoms with Crippen LogP contribution in [0.15, 0.2) is 29.6 Å². The van der Waals surface area contributed by atoms with Gasteiger partial charge in [0.2, 0.25) is 5.75 Å². The van der Waals surface area contributed by atoms with Gasteiger partial charge in [0.25, 0.3) is 0 Å². The van der Waals surface area contributed by atoms with Gasteiger partial charge in [0.05, 0.1) is 25.7 Å². The zero-order valence-electron chi connectivity index (χ0n) is 13.0. The van der Waals surface area contributed by atoms with Gasteiger partial charge in [-0.1, -0.05) is 6.07 Å². The van der Waals surface area contributed by atoms with Crippen molar-refractivity contribution in [3.8, 4) is 17.2 Å². The number of aryl methyl sites for hydroxylation is 1. The van der Waals surface area contributed by atoms with Crippen molar-refractivity contribution in [3.05, 3.63) is 40.1 Å². The number of hydrogen-bond donors (Lipinski definition) is 0. The summed E-state index contributed by atoms with van der Waals surface area (Å²) >= 11 is 1.47. The fourth-order valence-corrected chi connectivity index (χ4v) is 2.88. The van der Waals surface area contributed by atoms with E-state index in [1.54, 1.807) is 14.2 Å². The van der Waals surface area contributed by atoms with Crippen molar-refractivity contribution in [1.82, 2.24) is 0 Å². The fourth-order valence-electron chi connectivity index (χ4n) is 2.18. The van der Waals surface area contributed by atoms with Crippen LogP contribution in [0, 0.1) is 0 Å². The van der Waals surface area contributed by atoms with Gasteiger partial charge in [0.1, 0.15) is 0 Å². The molecule has 22 heavy (non-hydrogen) atoms. The van der Waals surface area contributed by atoms with Gasteiger partial charge in [0, 0.05) is 6.42 Å². The summed E-state index contributed by atoms with van der Waals surface area (Å²) in [5, 5.41) is 1.91. The average molecular weight is 320 g/mol. The average Bonchev–Trinajstić information content (AvgIpc) is 3.07. The number of hydrogen-bond acceptors (Lipinski definition) is 5. The first-order valence-electron chi connectivity index (χ1n) is 7.14. The predicted molar refractivity (Wildman–Crippen MR) is 87.7 cm³/mol. The van der Waals surface area contributed by atoms with Crippen LogP contribution < -0.4 is 14.2 Å². The lowest BCUT2D eigenvalue weighted by Crippen LogP contribution is -2.02. The molecule has 118 valence electrons. The van der Waals surface area contributed by atoms with Crippen LogP contribution in [0.25, 0.3) is 0 Å². The topological polar surface area (TPSA) is 44.8 Å². The van der Waals surface area contributed by atoms with E-state index in [0.717, 1.165) is 10.4 Å². The maximum Gasteiger partial charge on any atom is 0.203 e. The Morgan fingerprint density at radius 2 is 1.86 bits per heavy atom. The summed E-state index contributed by atoms with van der Waals surface area (Å²) in [6.45, 7) is 2.44. The lowest BCUT2D eigenvalue weighted by molar-refractivity contribution is 0.0986. The van der Waals surface area contributed by atoms with Gasteiger partial charge in [-0.05, 0) is 42.5 Å². The molecule has 1 aromatic carbocycles.